The molecule has 0 atom stereocenters. The van der Waals surface area contributed by atoms with Gasteiger partial charge in [-0.2, -0.15) is 0 Å². The average Bonchev–Trinajstić information content (AvgIpc) is 2.92. The van der Waals surface area contributed by atoms with Crippen molar-refractivity contribution in [1.29, 1.82) is 0 Å². The first-order valence-electron chi connectivity index (χ1n) is 7.41. The Morgan fingerprint density at radius 2 is 1.96 bits per heavy atom. The summed E-state index contributed by atoms with van der Waals surface area (Å²) in [7, 11) is 0. The molecule has 1 amide bonds. The van der Waals surface area contributed by atoms with Gasteiger partial charge in [0.1, 0.15) is 0 Å². The van der Waals surface area contributed by atoms with Crippen molar-refractivity contribution in [3.63, 3.8) is 0 Å². The van der Waals surface area contributed by atoms with Crippen LogP contribution in [-0.4, -0.2) is 22.6 Å². The molecule has 0 saturated carbocycles. The maximum atomic E-state index is 12.2. The minimum Gasteiger partial charge on any atom is -0.396 e. The minimum atomic E-state index is -0.0826. The number of aliphatic hydroxyl groups excluding tert-OH is 1. The van der Waals surface area contributed by atoms with Crippen LogP contribution in [0.5, 0.6) is 0 Å². The SMILES string of the molecule is O=C(Cc1c[nH]c2ccc(Cl)cc12)Nc1ccc(CCO)cc1. The normalized spacial score (nSPS) is 10.9. The van der Waals surface area contributed by atoms with E-state index in [4.69, 9.17) is 16.7 Å². The number of amides is 1. The predicted octanol–water partition coefficient (Wildman–Crippen LogP) is 3.54. The summed E-state index contributed by atoms with van der Waals surface area (Å²) in [5.41, 5.74) is 3.66. The van der Waals surface area contributed by atoms with Gasteiger partial charge in [-0.3, -0.25) is 4.79 Å². The molecule has 4 nitrogen and oxygen atoms in total. The molecule has 0 aliphatic rings. The van der Waals surface area contributed by atoms with E-state index in [2.05, 4.69) is 10.3 Å². The zero-order valence-electron chi connectivity index (χ0n) is 12.5. The van der Waals surface area contributed by atoms with Crippen LogP contribution in [0.3, 0.4) is 0 Å². The lowest BCUT2D eigenvalue weighted by molar-refractivity contribution is -0.115. The molecular formula is C18H17ClN2O2. The quantitative estimate of drug-likeness (QED) is 0.670. The van der Waals surface area contributed by atoms with Crippen LogP contribution in [0.15, 0.2) is 48.7 Å². The zero-order chi connectivity index (χ0) is 16.2. The van der Waals surface area contributed by atoms with E-state index in [1.807, 2.05) is 48.7 Å². The van der Waals surface area contributed by atoms with E-state index in [1.54, 1.807) is 0 Å². The number of benzene rings is 2. The third kappa shape index (κ3) is 3.73. The molecule has 0 bridgehead atoms. The molecule has 5 heteroatoms. The average molecular weight is 329 g/mol. The van der Waals surface area contributed by atoms with Crippen LogP contribution in [0, 0.1) is 0 Å². The molecule has 0 spiro atoms. The van der Waals surface area contributed by atoms with Crippen molar-refractivity contribution in [2.45, 2.75) is 12.8 Å². The molecule has 3 rings (SSSR count). The summed E-state index contributed by atoms with van der Waals surface area (Å²) in [6.07, 6.45) is 2.73. The minimum absolute atomic E-state index is 0.0826. The number of nitrogens with one attached hydrogen (secondary N) is 2. The number of aromatic nitrogens is 1. The van der Waals surface area contributed by atoms with E-state index in [0.29, 0.717) is 11.4 Å². The number of hydrogen-bond donors (Lipinski definition) is 3. The molecule has 1 heterocycles. The summed E-state index contributed by atoms with van der Waals surface area (Å²) in [5.74, 6) is -0.0826. The summed E-state index contributed by atoms with van der Waals surface area (Å²) in [5, 5.41) is 13.4. The highest BCUT2D eigenvalue weighted by Crippen LogP contribution is 2.23. The summed E-state index contributed by atoms with van der Waals surface area (Å²) in [6, 6.07) is 13.1. The van der Waals surface area contributed by atoms with E-state index in [9.17, 15) is 4.79 Å². The van der Waals surface area contributed by atoms with Gasteiger partial charge in [0, 0.05) is 34.4 Å². The Bertz CT molecular complexity index is 825. The third-order valence-electron chi connectivity index (χ3n) is 3.72. The van der Waals surface area contributed by atoms with Gasteiger partial charge in [-0.15, -0.1) is 0 Å². The lowest BCUT2D eigenvalue weighted by Crippen LogP contribution is -2.14. The van der Waals surface area contributed by atoms with Crippen LogP contribution in [0.25, 0.3) is 10.9 Å². The number of H-pyrrole nitrogens is 1. The van der Waals surface area contributed by atoms with Gasteiger partial charge in [0.25, 0.3) is 0 Å². The molecule has 3 aromatic rings. The lowest BCUT2D eigenvalue weighted by atomic mass is 10.1. The molecular weight excluding hydrogens is 312 g/mol. The summed E-state index contributed by atoms with van der Waals surface area (Å²) in [6.45, 7) is 0.120. The Morgan fingerprint density at radius 1 is 1.17 bits per heavy atom. The van der Waals surface area contributed by atoms with Gasteiger partial charge in [0.15, 0.2) is 0 Å². The number of anilines is 1. The number of carbonyl (C=O) groups excluding carboxylic acids is 1. The summed E-state index contributed by atoms with van der Waals surface area (Å²) >= 11 is 6.02. The van der Waals surface area contributed by atoms with Gasteiger partial charge in [0.05, 0.1) is 6.42 Å². The molecule has 0 unspecified atom stereocenters. The van der Waals surface area contributed by atoms with E-state index < -0.39 is 0 Å². The van der Waals surface area contributed by atoms with Crippen LogP contribution >= 0.6 is 11.6 Å². The number of rotatable bonds is 5. The molecule has 118 valence electrons. The fourth-order valence-corrected chi connectivity index (χ4v) is 2.73. The van der Waals surface area contributed by atoms with Crippen molar-refractivity contribution in [3.8, 4) is 0 Å². The Labute approximate surface area is 139 Å². The van der Waals surface area contributed by atoms with E-state index in [0.717, 1.165) is 27.7 Å². The van der Waals surface area contributed by atoms with Gasteiger partial charge >= 0.3 is 0 Å². The first-order valence-corrected chi connectivity index (χ1v) is 7.78. The van der Waals surface area contributed by atoms with Crippen molar-refractivity contribution in [3.05, 3.63) is 64.8 Å². The van der Waals surface area contributed by atoms with Crippen LogP contribution < -0.4 is 5.32 Å². The van der Waals surface area contributed by atoms with Crippen molar-refractivity contribution >= 4 is 34.1 Å². The number of halogens is 1. The highest BCUT2D eigenvalue weighted by molar-refractivity contribution is 6.31. The highest BCUT2D eigenvalue weighted by Gasteiger charge is 2.09. The Balaban J connectivity index is 1.69. The molecule has 2 aromatic carbocycles. The fraction of sp³-hybridized carbons (Fsp3) is 0.167. The molecule has 1 aromatic heterocycles. The molecule has 3 N–H and O–H groups in total. The second-order valence-corrected chi connectivity index (χ2v) is 5.84. The molecule has 0 saturated heterocycles. The first kappa shape index (κ1) is 15.6. The van der Waals surface area contributed by atoms with Crippen molar-refractivity contribution < 1.29 is 9.90 Å². The van der Waals surface area contributed by atoms with Crippen LogP contribution in [0.2, 0.25) is 5.02 Å². The number of aromatic amines is 1. The van der Waals surface area contributed by atoms with Gasteiger partial charge < -0.3 is 15.4 Å². The van der Waals surface area contributed by atoms with Crippen LogP contribution in [0.4, 0.5) is 5.69 Å². The smallest absolute Gasteiger partial charge is 0.228 e. The molecule has 0 aliphatic carbocycles. The highest BCUT2D eigenvalue weighted by atomic mass is 35.5. The molecule has 23 heavy (non-hydrogen) atoms. The van der Waals surface area contributed by atoms with Gasteiger partial charge in [-0.25, -0.2) is 0 Å². The molecule has 0 radical (unpaired) electrons. The first-order chi connectivity index (χ1) is 11.2. The largest absolute Gasteiger partial charge is 0.396 e. The zero-order valence-corrected chi connectivity index (χ0v) is 13.2. The molecule has 0 fully saturated rings. The van der Waals surface area contributed by atoms with Gasteiger partial charge in [-0.05, 0) is 47.9 Å². The van der Waals surface area contributed by atoms with Gasteiger partial charge in [0.2, 0.25) is 5.91 Å². The van der Waals surface area contributed by atoms with Crippen molar-refractivity contribution in [1.82, 2.24) is 4.98 Å². The maximum Gasteiger partial charge on any atom is 0.228 e. The third-order valence-corrected chi connectivity index (χ3v) is 3.95. The standard InChI is InChI=1S/C18H17ClN2O2/c19-14-3-6-17-16(10-14)13(11-20-17)9-18(23)21-15-4-1-12(2-5-15)7-8-22/h1-6,10-11,20,22H,7-9H2,(H,21,23). The Morgan fingerprint density at radius 3 is 2.70 bits per heavy atom. The summed E-state index contributed by atoms with van der Waals surface area (Å²) < 4.78 is 0. The lowest BCUT2D eigenvalue weighted by Gasteiger charge is -2.06. The number of aliphatic hydroxyl groups is 1. The number of hydrogen-bond acceptors (Lipinski definition) is 2. The van der Waals surface area contributed by atoms with Crippen molar-refractivity contribution in [2.75, 3.05) is 11.9 Å². The molecule has 0 aliphatic heterocycles. The topological polar surface area (TPSA) is 65.1 Å². The Hall–Kier alpha value is -2.30. The van der Waals surface area contributed by atoms with E-state index >= 15 is 0 Å². The number of carbonyl (C=O) groups is 1. The summed E-state index contributed by atoms with van der Waals surface area (Å²) in [4.78, 5) is 15.4. The fourth-order valence-electron chi connectivity index (χ4n) is 2.56. The van der Waals surface area contributed by atoms with E-state index in [-0.39, 0.29) is 18.9 Å². The predicted molar refractivity (Wildman–Crippen MR) is 92.9 cm³/mol. The van der Waals surface area contributed by atoms with E-state index in [1.165, 1.54) is 0 Å². The van der Waals surface area contributed by atoms with Crippen LogP contribution in [0.1, 0.15) is 11.1 Å². The monoisotopic (exact) mass is 328 g/mol. The maximum absolute atomic E-state index is 12.2. The van der Waals surface area contributed by atoms with Crippen LogP contribution in [-0.2, 0) is 17.6 Å². The second kappa shape index (κ2) is 6.86. The second-order valence-electron chi connectivity index (χ2n) is 5.40. The number of fused-ring (bicyclic) bond motifs is 1. The van der Waals surface area contributed by atoms with Crippen molar-refractivity contribution in [2.24, 2.45) is 0 Å². The van der Waals surface area contributed by atoms with Gasteiger partial charge in [-0.1, -0.05) is 23.7 Å². The Kier molecular flexibility index (Phi) is 4.65.